The van der Waals surface area contributed by atoms with Crippen LogP contribution in [0, 0.1) is 17.8 Å². The zero-order valence-corrected chi connectivity index (χ0v) is 32.2. The van der Waals surface area contributed by atoms with E-state index < -0.39 is 18.6 Å². The molecule has 4 N–H and O–H groups in total. The fraction of sp³-hybridized carbons (Fsp3) is 0.632. The van der Waals surface area contributed by atoms with Crippen molar-refractivity contribution < 1.29 is 66.1 Å². The number of rotatable bonds is 29. The van der Waals surface area contributed by atoms with E-state index in [1.54, 1.807) is 16.9 Å². The largest absolute Gasteiger partial charge is 0.573 e. The Morgan fingerprint density at radius 3 is 1.88 bits per heavy atom. The van der Waals surface area contributed by atoms with Crippen LogP contribution in [0.2, 0.25) is 0 Å². The predicted molar refractivity (Wildman–Crippen MR) is 200 cm³/mol. The normalized spacial score (nSPS) is 20.1. The highest BCUT2D eigenvalue weighted by Crippen LogP contribution is 2.48. The first-order chi connectivity index (χ1) is 28.2. The number of halogens is 3. The summed E-state index contributed by atoms with van der Waals surface area (Å²) in [5.74, 6) is -0.304. The predicted octanol–water partition coefficient (Wildman–Crippen LogP) is 2.59. The second-order valence-corrected chi connectivity index (χ2v) is 13.5. The summed E-state index contributed by atoms with van der Waals surface area (Å²) in [6.07, 6.45) is -0.0349. The molecule has 20 heteroatoms. The molecule has 1 aromatic carbocycles. The lowest BCUT2D eigenvalue weighted by atomic mass is 9.84. The van der Waals surface area contributed by atoms with Gasteiger partial charge in [-0.1, -0.05) is 0 Å². The molecule has 0 unspecified atom stereocenters. The molecule has 322 valence electrons. The van der Waals surface area contributed by atoms with Gasteiger partial charge in [0, 0.05) is 36.0 Å². The van der Waals surface area contributed by atoms with Gasteiger partial charge in [0.2, 0.25) is 5.91 Å². The Morgan fingerprint density at radius 1 is 0.759 bits per heavy atom. The van der Waals surface area contributed by atoms with Crippen LogP contribution < -0.4 is 15.4 Å². The number of carbonyl (C=O) groups is 1. The number of aromatic nitrogens is 4. The van der Waals surface area contributed by atoms with Crippen LogP contribution in [-0.4, -0.2) is 153 Å². The van der Waals surface area contributed by atoms with E-state index in [9.17, 15) is 28.2 Å². The molecule has 0 aliphatic heterocycles. The number of hydrogen-bond donors (Lipinski definition) is 4. The fourth-order valence-corrected chi connectivity index (χ4v) is 6.65. The number of aliphatic hydroxyl groups excluding tert-OH is 2. The van der Waals surface area contributed by atoms with Crippen molar-refractivity contribution in [1.82, 2.24) is 25.1 Å². The topological polar surface area (TPSA) is 199 Å². The minimum atomic E-state index is -4.75. The van der Waals surface area contributed by atoms with E-state index >= 15 is 0 Å². The molecule has 58 heavy (non-hydrogen) atoms. The van der Waals surface area contributed by atoms with Gasteiger partial charge in [0.05, 0.1) is 123 Å². The van der Waals surface area contributed by atoms with Crippen molar-refractivity contribution in [3.8, 4) is 17.0 Å². The maximum Gasteiger partial charge on any atom is 0.573 e. The lowest BCUT2D eigenvalue weighted by Crippen LogP contribution is -2.43. The number of nitrogens with one attached hydrogen (secondary N) is 2. The molecule has 2 bridgehead atoms. The van der Waals surface area contributed by atoms with Crippen molar-refractivity contribution in [2.75, 3.05) is 104 Å². The number of nitrogens with zero attached hydrogens (tertiary/aromatic N) is 4. The molecule has 0 radical (unpaired) electrons. The molecule has 5 atom stereocenters. The van der Waals surface area contributed by atoms with Gasteiger partial charge in [-0.3, -0.25) is 9.48 Å². The van der Waals surface area contributed by atoms with E-state index in [0.717, 1.165) is 5.56 Å². The number of hydrogen-bond acceptors (Lipinski definition) is 15. The van der Waals surface area contributed by atoms with Gasteiger partial charge in [-0.25, -0.2) is 9.97 Å². The van der Waals surface area contributed by atoms with Gasteiger partial charge in [-0.15, -0.1) is 13.2 Å². The molecule has 2 aromatic heterocycles. The first-order valence-electron chi connectivity index (χ1n) is 19.3. The van der Waals surface area contributed by atoms with Crippen LogP contribution in [0.5, 0.6) is 5.75 Å². The summed E-state index contributed by atoms with van der Waals surface area (Å²) in [7, 11) is 0. The Kier molecular flexibility index (Phi) is 18.8. The highest BCUT2D eigenvalue weighted by atomic mass is 19.4. The molecule has 0 saturated heterocycles. The monoisotopic (exact) mass is 826 g/mol. The quantitative estimate of drug-likeness (QED) is 0.0745. The first kappa shape index (κ1) is 45.1. The Labute approximate surface area is 334 Å². The third kappa shape index (κ3) is 15.6. The molecule has 3 aromatic rings. The molecule has 2 saturated carbocycles. The number of amides is 1. The number of ether oxygens (including phenoxy) is 8. The molecule has 17 nitrogen and oxygen atoms in total. The molecule has 5 rings (SSSR count). The standard InChI is InChI=1S/C38H53F3N6O11/c39-38(40,41)58-30-3-1-29(2-4-30)46-34-23-33(43-26-44-34)28-24-45-47(25-28)6-8-52-10-12-54-14-16-56-18-20-57-19-17-55-15-13-53-11-9-51-7-5-42-37(50)32-22-27-21-31(32)36(49)35(27)48/h1-4,23-27,31-32,35-36,48-49H,5-22H2,(H,42,50)(H,43,44,46)/t27-,31+,32-,35-,36+/m0/s1. The van der Waals surface area contributed by atoms with Crippen molar-refractivity contribution in [2.24, 2.45) is 17.8 Å². The summed E-state index contributed by atoms with van der Waals surface area (Å²) < 4.78 is 81.4. The number of aliphatic hydroxyl groups is 2. The van der Waals surface area contributed by atoms with Gasteiger partial charge in [0.1, 0.15) is 17.9 Å². The maximum absolute atomic E-state index is 12.4. The van der Waals surface area contributed by atoms with E-state index in [4.69, 9.17) is 33.2 Å². The van der Waals surface area contributed by atoms with Crippen LogP contribution in [-0.2, 0) is 44.5 Å². The average Bonchev–Trinajstić information content (AvgIpc) is 3.93. The van der Waals surface area contributed by atoms with Crippen LogP contribution in [0.4, 0.5) is 24.7 Å². The fourth-order valence-electron chi connectivity index (χ4n) is 6.65. The van der Waals surface area contributed by atoms with Gasteiger partial charge in [0.15, 0.2) is 0 Å². The van der Waals surface area contributed by atoms with Crippen molar-refractivity contribution in [2.45, 2.75) is 38.0 Å². The summed E-state index contributed by atoms with van der Waals surface area (Å²) >= 11 is 0. The number of benzene rings is 1. The summed E-state index contributed by atoms with van der Waals surface area (Å²) in [5.41, 5.74) is 1.91. The van der Waals surface area contributed by atoms with E-state index in [1.807, 2.05) is 6.20 Å². The van der Waals surface area contributed by atoms with E-state index in [-0.39, 0.29) is 29.4 Å². The van der Waals surface area contributed by atoms with Gasteiger partial charge >= 0.3 is 6.36 Å². The van der Waals surface area contributed by atoms with Crippen LogP contribution in [0.3, 0.4) is 0 Å². The summed E-state index contributed by atoms with van der Waals surface area (Å²) in [4.78, 5) is 20.8. The first-order valence-corrected chi connectivity index (χ1v) is 19.3. The third-order valence-corrected chi connectivity index (χ3v) is 9.46. The number of fused-ring (bicyclic) bond motifs is 2. The van der Waals surface area contributed by atoms with E-state index in [2.05, 4.69) is 30.4 Å². The molecule has 0 spiro atoms. The van der Waals surface area contributed by atoms with Crippen molar-refractivity contribution in [3.05, 3.63) is 49.1 Å². The lowest BCUT2D eigenvalue weighted by Gasteiger charge is -2.28. The molecular weight excluding hydrogens is 773 g/mol. The summed E-state index contributed by atoms with van der Waals surface area (Å²) in [6.45, 7) is 6.91. The maximum atomic E-state index is 12.4. The molecule has 2 heterocycles. The van der Waals surface area contributed by atoms with Gasteiger partial charge < -0.3 is 58.7 Å². The molecular formula is C38H53F3N6O11. The Balaban J connectivity index is 0.754. The highest BCUT2D eigenvalue weighted by molar-refractivity contribution is 5.79. The van der Waals surface area contributed by atoms with Crippen LogP contribution in [0.15, 0.2) is 49.1 Å². The Morgan fingerprint density at radius 2 is 1.33 bits per heavy atom. The SMILES string of the molecule is O=C(NCCOCCOCCOCCOCCOCCOCCOCCn1cc(-c2cc(Nc3ccc(OC(F)(F)F)cc3)ncn2)cn1)[C@H]1C[C@@H]2C[C@H]1[C@@H](O)[C@H]2O. The number of alkyl halides is 3. The van der Waals surface area contributed by atoms with Gasteiger partial charge in [0.25, 0.3) is 0 Å². The van der Waals surface area contributed by atoms with E-state index in [1.165, 1.54) is 30.6 Å². The van der Waals surface area contributed by atoms with Crippen molar-refractivity contribution in [1.29, 1.82) is 0 Å². The highest BCUT2D eigenvalue weighted by Gasteiger charge is 2.53. The van der Waals surface area contributed by atoms with Crippen LogP contribution in [0.25, 0.3) is 11.3 Å². The van der Waals surface area contributed by atoms with E-state index in [0.29, 0.717) is 136 Å². The molecule has 2 aliphatic rings. The summed E-state index contributed by atoms with van der Waals surface area (Å²) in [5, 5.41) is 30.1. The smallest absolute Gasteiger partial charge is 0.406 e. The molecule has 2 aliphatic carbocycles. The summed E-state index contributed by atoms with van der Waals surface area (Å²) in [6, 6.07) is 7.04. The number of carbonyl (C=O) groups excluding carboxylic acids is 1. The second kappa shape index (κ2) is 24.2. The third-order valence-electron chi connectivity index (χ3n) is 9.46. The molecule has 1 amide bonds. The Hall–Kier alpha value is -3.99. The lowest BCUT2D eigenvalue weighted by molar-refractivity contribution is -0.274. The van der Waals surface area contributed by atoms with Crippen LogP contribution >= 0.6 is 0 Å². The average molecular weight is 827 g/mol. The molecule has 2 fully saturated rings. The zero-order valence-electron chi connectivity index (χ0n) is 32.2. The number of anilines is 2. The second-order valence-electron chi connectivity index (χ2n) is 13.5. The van der Waals surface area contributed by atoms with Crippen molar-refractivity contribution in [3.63, 3.8) is 0 Å². The van der Waals surface area contributed by atoms with Gasteiger partial charge in [-0.05, 0) is 48.9 Å². The van der Waals surface area contributed by atoms with Gasteiger partial charge in [-0.2, -0.15) is 5.10 Å². The zero-order chi connectivity index (χ0) is 41.0. The van der Waals surface area contributed by atoms with Crippen LogP contribution in [0.1, 0.15) is 12.8 Å². The van der Waals surface area contributed by atoms with Crippen molar-refractivity contribution >= 4 is 17.4 Å². The minimum absolute atomic E-state index is 0.0195. The Bertz CT molecular complexity index is 1620. The minimum Gasteiger partial charge on any atom is -0.406 e.